The van der Waals surface area contributed by atoms with Crippen LogP contribution in [0.3, 0.4) is 0 Å². The highest BCUT2D eigenvalue weighted by Gasteiger charge is 2.39. The fourth-order valence-electron chi connectivity index (χ4n) is 2.56. The molecule has 0 aromatic heterocycles. The largest absolute Gasteiger partial charge is 0.481 e. The summed E-state index contributed by atoms with van der Waals surface area (Å²) in [5.74, 6) is -0.0529. The summed E-state index contributed by atoms with van der Waals surface area (Å²) in [6, 6.07) is 0.0850. The maximum absolute atomic E-state index is 12.4. The molecule has 0 radical (unpaired) electrons. The lowest BCUT2D eigenvalue weighted by Gasteiger charge is -2.38. The second-order valence-electron chi connectivity index (χ2n) is 6.12. The lowest BCUT2D eigenvalue weighted by molar-refractivity contribution is -0.150. The number of likely N-dealkylation sites (tertiary alicyclic amines) is 1. The van der Waals surface area contributed by atoms with Gasteiger partial charge in [0.25, 0.3) is 0 Å². The van der Waals surface area contributed by atoms with Crippen molar-refractivity contribution < 1.29 is 14.7 Å². The molecule has 5 nitrogen and oxygen atoms in total. The highest BCUT2D eigenvalue weighted by Crippen LogP contribution is 2.33. The van der Waals surface area contributed by atoms with Crippen molar-refractivity contribution in [3.05, 3.63) is 0 Å². The molecule has 0 unspecified atom stereocenters. The van der Waals surface area contributed by atoms with Crippen molar-refractivity contribution in [2.75, 3.05) is 26.2 Å². The number of hydrogen-bond acceptors (Lipinski definition) is 2. The van der Waals surface area contributed by atoms with Gasteiger partial charge >= 0.3 is 12.0 Å². The smallest absolute Gasteiger partial charge is 0.319 e. The highest BCUT2D eigenvalue weighted by molar-refractivity contribution is 5.77. The summed E-state index contributed by atoms with van der Waals surface area (Å²) in [6.45, 7) is 6.50. The van der Waals surface area contributed by atoms with Crippen LogP contribution in [0, 0.1) is 11.3 Å². The van der Waals surface area contributed by atoms with Crippen molar-refractivity contribution in [1.82, 2.24) is 9.80 Å². The Balaban J connectivity index is 1.88. The number of carboxylic acids is 1. The van der Waals surface area contributed by atoms with E-state index in [1.807, 2.05) is 16.7 Å². The fraction of sp³-hybridized carbons (Fsp3) is 0.857. The lowest BCUT2D eigenvalue weighted by Crippen LogP contribution is -2.50. The lowest BCUT2D eigenvalue weighted by atomic mass is 9.80. The van der Waals surface area contributed by atoms with E-state index in [9.17, 15) is 14.7 Å². The van der Waals surface area contributed by atoms with Gasteiger partial charge in [0.15, 0.2) is 0 Å². The van der Waals surface area contributed by atoms with Crippen molar-refractivity contribution in [2.24, 2.45) is 11.3 Å². The first-order valence-electron chi connectivity index (χ1n) is 7.23. The van der Waals surface area contributed by atoms with Crippen molar-refractivity contribution in [3.8, 4) is 0 Å². The Morgan fingerprint density at radius 3 is 2.32 bits per heavy atom. The van der Waals surface area contributed by atoms with Gasteiger partial charge in [-0.15, -0.1) is 0 Å². The molecule has 1 N–H and O–H groups in total. The van der Waals surface area contributed by atoms with Crippen molar-refractivity contribution in [3.63, 3.8) is 0 Å². The first-order chi connectivity index (χ1) is 8.96. The van der Waals surface area contributed by atoms with Crippen molar-refractivity contribution in [2.45, 2.75) is 39.5 Å². The van der Waals surface area contributed by atoms with Crippen LogP contribution < -0.4 is 0 Å². The van der Waals surface area contributed by atoms with Gasteiger partial charge in [-0.2, -0.15) is 0 Å². The average molecular weight is 268 g/mol. The predicted octanol–water partition coefficient (Wildman–Crippen LogP) is 2.03. The minimum absolute atomic E-state index is 0.0850. The summed E-state index contributed by atoms with van der Waals surface area (Å²) in [6.07, 6.45) is 3.58. The fourth-order valence-corrected chi connectivity index (χ4v) is 2.56. The van der Waals surface area contributed by atoms with Gasteiger partial charge in [0.05, 0.1) is 5.41 Å². The van der Waals surface area contributed by atoms with Gasteiger partial charge in [-0.05, 0) is 45.4 Å². The van der Waals surface area contributed by atoms with Crippen LogP contribution in [-0.4, -0.2) is 53.1 Å². The van der Waals surface area contributed by atoms with Gasteiger partial charge in [-0.1, -0.05) is 0 Å². The number of nitrogens with zero attached hydrogens (tertiary/aromatic N) is 2. The quantitative estimate of drug-likeness (QED) is 0.848. The molecule has 1 saturated heterocycles. The van der Waals surface area contributed by atoms with Crippen LogP contribution in [0.25, 0.3) is 0 Å². The van der Waals surface area contributed by atoms with E-state index in [4.69, 9.17) is 0 Å². The van der Waals surface area contributed by atoms with E-state index >= 15 is 0 Å². The van der Waals surface area contributed by atoms with E-state index in [2.05, 4.69) is 0 Å². The topological polar surface area (TPSA) is 60.9 Å². The molecule has 5 heteroatoms. The van der Waals surface area contributed by atoms with E-state index in [0.29, 0.717) is 31.8 Å². The number of urea groups is 1. The molecular formula is C14H24N2O3. The standard InChI is InChI=1S/C14H24N2O3/c1-3-15(10-11-4-5-11)13(19)16-8-6-14(2,7-9-16)12(17)18/h11H,3-10H2,1-2H3,(H,17,18). The number of rotatable bonds is 4. The maximum atomic E-state index is 12.4. The molecule has 1 aliphatic heterocycles. The Hall–Kier alpha value is -1.26. The minimum atomic E-state index is -0.745. The van der Waals surface area contributed by atoms with Gasteiger partial charge in [0.2, 0.25) is 0 Å². The molecule has 108 valence electrons. The minimum Gasteiger partial charge on any atom is -0.481 e. The van der Waals surface area contributed by atoms with Gasteiger partial charge in [0, 0.05) is 26.2 Å². The molecule has 0 atom stereocenters. The Kier molecular flexibility index (Phi) is 4.02. The second-order valence-corrected chi connectivity index (χ2v) is 6.12. The predicted molar refractivity (Wildman–Crippen MR) is 71.9 cm³/mol. The van der Waals surface area contributed by atoms with E-state index in [-0.39, 0.29) is 6.03 Å². The number of hydrogen-bond donors (Lipinski definition) is 1. The van der Waals surface area contributed by atoms with Crippen LogP contribution in [0.2, 0.25) is 0 Å². The zero-order valence-electron chi connectivity index (χ0n) is 11.9. The van der Waals surface area contributed by atoms with Gasteiger partial charge in [-0.3, -0.25) is 4.79 Å². The third-order valence-corrected chi connectivity index (χ3v) is 4.48. The number of carboxylic acid groups (broad SMARTS) is 1. The third-order valence-electron chi connectivity index (χ3n) is 4.48. The first kappa shape index (κ1) is 14.2. The number of piperidine rings is 1. The Morgan fingerprint density at radius 2 is 1.89 bits per heavy atom. The third kappa shape index (κ3) is 3.19. The molecular weight excluding hydrogens is 244 g/mol. The summed E-state index contributed by atoms with van der Waals surface area (Å²) < 4.78 is 0. The molecule has 1 aliphatic carbocycles. The highest BCUT2D eigenvalue weighted by atomic mass is 16.4. The molecule has 0 bridgehead atoms. The molecule has 0 aromatic carbocycles. The Bertz CT molecular complexity index is 358. The van der Waals surface area contributed by atoms with Crippen LogP contribution >= 0.6 is 0 Å². The van der Waals surface area contributed by atoms with Gasteiger partial charge in [-0.25, -0.2) is 4.79 Å². The van der Waals surface area contributed by atoms with Crippen molar-refractivity contribution in [1.29, 1.82) is 0 Å². The van der Waals surface area contributed by atoms with Crippen LogP contribution in [0.15, 0.2) is 0 Å². The average Bonchev–Trinajstić information content (AvgIpc) is 3.20. The van der Waals surface area contributed by atoms with E-state index in [1.54, 1.807) is 6.92 Å². The van der Waals surface area contributed by atoms with E-state index in [0.717, 1.165) is 13.1 Å². The monoisotopic (exact) mass is 268 g/mol. The molecule has 2 fully saturated rings. The number of amides is 2. The first-order valence-corrected chi connectivity index (χ1v) is 7.23. The van der Waals surface area contributed by atoms with E-state index < -0.39 is 11.4 Å². The molecule has 2 aliphatic rings. The molecule has 0 aromatic rings. The molecule has 2 rings (SSSR count). The van der Waals surface area contributed by atoms with Crippen LogP contribution in [0.5, 0.6) is 0 Å². The summed E-state index contributed by atoms with van der Waals surface area (Å²) in [4.78, 5) is 27.3. The van der Waals surface area contributed by atoms with Crippen molar-refractivity contribution >= 4 is 12.0 Å². The van der Waals surface area contributed by atoms with Gasteiger partial charge in [0.1, 0.15) is 0 Å². The number of aliphatic carboxylic acids is 1. The van der Waals surface area contributed by atoms with Crippen LogP contribution in [0.4, 0.5) is 4.79 Å². The molecule has 2 amide bonds. The zero-order valence-corrected chi connectivity index (χ0v) is 11.9. The van der Waals surface area contributed by atoms with Crippen LogP contribution in [0.1, 0.15) is 39.5 Å². The van der Waals surface area contributed by atoms with Gasteiger partial charge < -0.3 is 14.9 Å². The summed E-state index contributed by atoms with van der Waals surface area (Å²) in [5.41, 5.74) is -0.662. The molecule has 1 heterocycles. The van der Waals surface area contributed by atoms with Crippen LogP contribution in [-0.2, 0) is 4.79 Å². The number of carbonyl (C=O) groups excluding carboxylic acids is 1. The molecule has 19 heavy (non-hydrogen) atoms. The summed E-state index contributed by atoms with van der Waals surface area (Å²) >= 11 is 0. The van der Waals surface area contributed by atoms with E-state index in [1.165, 1.54) is 12.8 Å². The molecule has 1 saturated carbocycles. The summed E-state index contributed by atoms with van der Waals surface area (Å²) in [5, 5.41) is 9.19. The summed E-state index contributed by atoms with van der Waals surface area (Å²) in [7, 11) is 0. The number of carbonyl (C=O) groups is 2. The zero-order chi connectivity index (χ0) is 14.0. The normalized spacial score (nSPS) is 22.1. The maximum Gasteiger partial charge on any atom is 0.319 e. The second kappa shape index (κ2) is 5.39. The molecule has 0 spiro atoms. The SMILES string of the molecule is CCN(CC1CC1)C(=O)N1CCC(C)(C(=O)O)CC1. The Morgan fingerprint density at radius 1 is 1.32 bits per heavy atom. The Labute approximate surface area is 114 Å².